The van der Waals surface area contributed by atoms with Crippen molar-refractivity contribution in [3.8, 4) is 0 Å². The Morgan fingerprint density at radius 2 is 1.76 bits per heavy atom. The van der Waals surface area contributed by atoms with Crippen LogP contribution in [-0.4, -0.2) is 10.9 Å². The van der Waals surface area contributed by atoms with Gasteiger partial charge >= 0.3 is 0 Å². The molecular weight excluding hydrogens is 210 g/mol. The number of benzene rings is 1. The molecule has 1 fully saturated rings. The second-order valence-electron chi connectivity index (χ2n) is 5.35. The van der Waals surface area contributed by atoms with Crippen LogP contribution in [0.2, 0.25) is 0 Å². The lowest BCUT2D eigenvalue weighted by atomic mass is 9.61. The highest BCUT2D eigenvalue weighted by atomic mass is 16.4. The third-order valence-corrected chi connectivity index (χ3v) is 4.54. The zero-order chi connectivity index (χ0) is 11.7. The summed E-state index contributed by atoms with van der Waals surface area (Å²) in [5.74, 6) is 0. The molecule has 0 radical (unpaired) electrons. The molecule has 2 aliphatic rings. The summed E-state index contributed by atoms with van der Waals surface area (Å²) in [6.45, 7) is 0. The van der Waals surface area contributed by atoms with Crippen molar-refractivity contribution in [2.45, 2.75) is 50.4 Å². The van der Waals surface area contributed by atoms with Crippen LogP contribution < -0.4 is 0 Å². The first-order chi connectivity index (χ1) is 8.37. The third kappa shape index (κ3) is 1.58. The van der Waals surface area contributed by atoms with Gasteiger partial charge in [0.25, 0.3) is 0 Å². The van der Waals surface area contributed by atoms with E-state index < -0.39 is 0 Å². The monoisotopic (exact) mass is 229 g/mol. The molecule has 2 nitrogen and oxygen atoms in total. The second-order valence-corrected chi connectivity index (χ2v) is 5.35. The van der Waals surface area contributed by atoms with E-state index in [0.29, 0.717) is 0 Å². The number of fused-ring (bicyclic) bond motifs is 2. The van der Waals surface area contributed by atoms with E-state index in [1.54, 1.807) is 0 Å². The summed E-state index contributed by atoms with van der Waals surface area (Å²) in [5.41, 5.74) is 3.97. The molecule has 0 aliphatic heterocycles. The van der Waals surface area contributed by atoms with Gasteiger partial charge in [-0.2, -0.15) is 0 Å². The SMILES string of the molecule is O/N=C1\CCc2ccccc2C12CCCCC2. The number of rotatable bonds is 0. The van der Waals surface area contributed by atoms with Gasteiger partial charge in [-0.25, -0.2) is 0 Å². The normalized spacial score (nSPS) is 24.8. The molecule has 2 aliphatic carbocycles. The fourth-order valence-electron chi connectivity index (χ4n) is 3.71. The smallest absolute Gasteiger partial charge is 0.0679 e. The quantitative estimate of drug-likeness (QED) is 0.534. The Morgan fingerprint density at radius 1 is 1.00 bits per heavy atom. The van der Waals surface area contributed by atoms with Crippen molar-refractivity contribution in [3.05, 3.63) is 35.4 Å². The molecule has 1 saturated carbocycles. The summed E-state index contributed by atoms with van der Waals surface area (Å²) in [5, 5.41) is 13.0. The molecule has 2 heteroatoms. The molecule has 17 heavy (non-hydrogen) atoms. The van der Waals surface area contributed by atoms with Gasteiger partial charge < -0.3 is 5.21 Å². The molecule has 3 rings (SSSR count). The van der Waals surface area contributed by atoms with E-state index in [4.69, 9.17) is 0 Å². The van der Waals surface area contributed by atoms with Crippen LogP contribution in [0.25, 0.3) is 0 Å². The van der Waals surface area contributed by atoms with Crippen LogP contribution in [0.3, 0.4) is 0 Å². The first kappa shape index (κ1) is 10.8. The molecule has 0 heterocycles. The Hall–Kier alpha value is -1.31. The van der Waals surface area contributed by atoms with Gasteiger partial charge in [-0.15, -0.1) is 0 Å². The van der Waals surface area contributed by atoms with E-state index >= 15 is 0 Å². The first-order valence-corrected chi connectivity index (χ1v) is 6.67. The van der Waals surface area contributed by atoms with Crippen molar-refractivity contribution in [2.24, 2.45) is 5.16 Å². The number of aryl methyl sites for hydroxylation is 1. The van der Waals surface area contributed by atoms with Gasteiger partial charge in [-0.1, -0.05) is 48.7 Å². The Kier molecular flexibility index (Phi) is 2.65. The minimum atomic E-state index is 0.0574. The first-order valence-electron chi connectivity index (χ1n) is 6.67. The molecule has 0 amide bonds. The van der Waals surface area contributed by atoms with Crippen molar-refractivity contribution in [2.75, 3.05) is 0 Å². The lowest BCUT2D eigenvalue weighted by Gasteiger charge is -2.42. The van der Waals surface area contributed by atoms with Gasteiger partial charge in [-0.05, 0) is 36.8 Å². The van der Waals surface area contributed by atoms with Gasteiger partial charge in [0.05, 0.1) is 5.71 Å². The predicted molar refractivity (Wildman–Crippen MR) is 68.7 cm³/mol. The van der Waals surface area contributed by atoms with Crippen LogP contribution in [0.15, 0.2) is 29.4 Å². The van der Waals surface area contributed by atoms with Gasteiger partial charge in [0.2, 0.25) is 0 Å². The molecule has 0 aromatic heterocycles. The van der Waals surface area contributed by atoms with E-state index in [0.717, 1.165) is 31.4 Å². The molecule has 0 saturated heterocycles. The number of oxime groups is 1. The molecule has 0 bridgehead atoms. The Bertz CT molecular complexity index is 444. The highest BCUT2D eigenvalue weighted by molar-refractivity contribution is 5.96. The van der Waals surface area contributed by atoms with E-state index in [-0.39, 0.29) is 5.41 Å². The highest BCUT2D eigenvalue weighted by Crippen LogP contribution is 2.45. The number of hydrogen-bond acceptors (Lipinski definition) is 2. The van der Waals surface area contributed by atoms with Crippen LogP contribution in [-0.2, 0) is 11.8 Å². The Morgan fingerprint density at radius 3 is 2.53 bits per heavy atom. The fraction of sp³-hybridized carbons (Fsp3) is 0.533. The van der Waals surface area contributed by atoms with Gasteiger partial charge in [0.15, 0.2) is 0 Å². The largest absolute Gasteiger partial charge is 0.411 e. The topological polar surface area (TPSA) is 32.6 Å². The summed E-state index contributed by atoms with van der Waals surface area (Å²) >= 11 is 0. The van der Waals surface area contributed by atoms with Crippen LogP contribution in [0.1, 0.15) is 49.7 Å². The maximum absolute atomic E-state index is 9.32. The van der Waals surface area contributed by atoms with Crippen LogP contribution >= 0.6 is 0 Å². The highest BCUT2D eigenvalue weighted by Gasteiger charge is 2.42. The van der Waals surface area contributed by atoms with Crippen molar-refractivity contribution >= 4 is 5.71 Å². The lowest BCUT2D eigenvalue weighted by molar-refractivity contribution is 0.295. The Balaban J connectivity index is 2.14. The maximum Gasteiger partial charge on any atom is 0.0679 e. The molecule has 90 valence electrons. The zero-order valence-electron chi connectivity index (χ0n) is 10.2. The Labute approximate surface area is 102 Å². The second kappa shape index (κ2) is 4.17. The van der Waals surface area contributed by atoms with E-state index in [1.165, 1.54) is 30.4 Å². The van der Waals surface area contributed by atoms with Crippen molar-refractivity contribution < 1.29 is 5.21 Å². The minimum Gasteiger partial charge on any atom is -0.411 e. The van der Waals surface area contributed by atoms with Gasteiger partial charge in [0, 0.05) is 5.41 Å². The van der Waals surface area contributed by atoms with Crippen LogP contribution in [0.5, 0.6) is 0 Å². The zero-order valence-corrected chi connectivity index (χ0v) is 10.2. The third-order valence-electron chi connectivity index (χ3n) is 4.54. The lowest BCUT2D eigenvalue weighted by Crippen LogP contribution is -2.41. The number of nitrogens with zero attached hydrogens (tertiary/aromatic N) is 1. The standard InChI is InChI=1S/C15H19NO/c17-16-14-9-8-12-6-2-3-7-13(12)15(14)10-4-1-5-11-15/h2-3,6-7,17H,1,4-5,8-11H2/b16-14+. The molecule has 1 spiro atoms. The van der Waals surface area contributed by atoms with E-state index in [1.807, 2.05) is 0 Å². The van der Waals surface area contributed by atoms with Crippen molar-refractivity contribution in [3.63, 3.8) is 0 Å². The summed E-state index contributed by atoms with van der Waals surface area (Å²) in [6.07, 6.45) is 8.10. The summed E-state index contributed by atoms with van der Waals surface area (Å²) < 4.78 is 0. The summed E-state index contributed by atoms with van der Waals surface area (Å²) in [4.78, 5) is 0. The average Bonchev–Trinajstić information content (AvgIpc) is 2.41. The van der Waals surface area contributed by atoms with Crippen LogP contribution in [0, 0.1) is 0 Å². The van der Waals surface area contributed by atoms with Crippen molar-refractivity contribution in [1.82, 2.24) is 0 Å². The van der Waals surface area contributed by atoms with Crippen LogP contribution in [0.4, 0.5) is 0 Å². The molecule has 1 aromatic rings. The summed E-state index contributed by atoms with van der Waals surface area (Å²) in [6, 6.07) is 8.72. The number of hydrogen-bond donors (Lipinski definition) is 1. The predicted octanol–water partition coefficient (Wildman–Crippen LogP) is 3.66. The molecule has 0 atom stereocenters. The molecule has 1 N–H and O–H groups in total. The molecular formula is C15H19NO. The minimum absolute atomic E-state index is 0.0574. The van der Waals surface area contributed by atoms with Crippen molar-refractivity contribution in [1.29, 1.82) is 0 Å². The van der Waals surface area contributed by atoms with Gasteiger partial charge in [0.1, 0.15) is 0 Å². The maximum atomic E-state index is 9.32. The average molecular weight is 229 g/mol. The van der Waals surface area contributed by atoms with Gasteiger partial charge in [-0.3, -0.25) is 0 Å². The van der Waals surface area contributed by atoms with E-state index in [9.17, 15) is 5.21 Å². The fourth-order valence-corrected chi connectivity index (χ4v) is 3.71. The summed E-state index contributed by atoms with van der Waals surface area (Å²) in [7, 11) is 0. The van der Waals surface area contributed by atoms with E-state index in [2.05, 4.69) is 29.4 Å². The molecule has 1 aromatic carbocycles. The molecule has 0 unspecified atom stereocenters.